The number of thioether (sulfide) groups is 1. The first-order valence-electron chi connectivity index (χ1n) is 5.83. The van der Waals surface area contributed by atoms with Gasteiger partial charge in [-0.3, -0.25) is 9.48 Å². The molecule has 2 rings (SSSR count). The van der Waals surface area contributed by atoms with Crippen LogP contribution < -0.4 is 0 Å². The summed E-state index contributed by atoms with van der Waals surface area (Å²) in [6, 6.07) is 1.87. The van der Waals surface area contributed by atoms with Crippen molar-refractivity contribution in [3.05, 3.63) is 11.8 Å². The van der Waals surface area contributed by atoms with Crippen LogP contribution in [-0.4, -0.2) is 36.8 Å². The lowest BCUT2D eigenvalue weighted by atomic mass is 10.4. The summed E-state index contributed by atoms with van der Waals surface area (Å²) < 4.78 is 7.25. The van der Waals surface area contributed by atoms with Gasteiger partial charge in [0.2, 0.25) is 0 Å². The van der Waals surface area contributed by atoms with Crippen molar-refractivity contribution in [2.24, 2.45) is 0 Å². The van der Waals surface area contributed by atoms with E-state index in [9.17, 15) is 4.79 Å². The zero-order chi connectivity index (χ0) is 13.8. The maximum absolute atomic E-state index is 10.4. The van der Waals surface area contributed by atoms with Crippen LogP contribution in [0.1, 0.15) is 19.0 Å². The Morgan fingerprint density at radius 1 is 1.53 bits per heavy atom. The summed E-state index contributed by atoms with van der Waals surface area (Å²) in [5.41, 5.74) is 1.63. The largest absolute Gasteiger partial charge is 0.481 e. The molecule has 102 valence electrons. The van der Waals surface area contributed by atoms with E-state index in [1.54, 1.807) is 0 Å². The Morgan fingerprint density at radius 2 is 2.32 bits per heavy atom. The maximum atomic E-state index is 10.4. The molecule has 0 aliphatic carbocycles. The van der Waals surface area contributed by atoms with E-state index in [4.69, 9.17) is 9.52 Å². The van der Waals surface area contributed by atoms with Crippen molar-refractivity contribution in [3.63, 3.8) is 0 Å². The Morgan fingerprint density at radius 3 is 3.00 bits per heavy atom. The van der Waals surface area contributed by atoms with Gasteiger partial charge in [-0.2, -0.15) is 5.10 Å². The molecule has 7 nitrogen and oxygen atoms in total. The minimum absolute atomic E-state index is 0.106. The van der Waals surface area contributed by atoms with Gasteiger partial charge in [0.15, 0.2) is 0 Å². The molecule has 0 atom stereocenters. The average Bonchev–Trinajstić information content (AvgIpc) is 2.95. The van der Waals surface area contributed by atoms with Gasteiger partial charge in [0.1, 0.15) is 11.4 Å². The summed E-state index contributed by atoms with van der Waals surface area (Å²) in [5, 5.41) is 20.8. The molecule has 0 radical (unpaired) electrons. The van der Waals surface area contributed by atoms with E-state index in [2.05, 4.69) is 22.2 Å². The topological polar surface area (TPSA) is 94.0 Å². The van der Waals surface area contributed by atoms with Crippen molar-refractivity contribution in [2.75, 3.05) is 5.75 Å². The van der Waals surface area contributed by atoms with Gasteiger partial charge < -0.3 is 9.52 Å². The smallest absolute Gasteiger partial charge is 0.314 e. The van der Waals surface area contributed by atoms with E-state index >= 15 is 0 Å². The molecule has 0 aliphatic heterocycles. The predicted molar refractivity (Wildman–Crippen MR) is 68.9 cm³/mol. The SMILES string of the molecule is CCCn1nc(-c2nnc(SCC(=O)O)o2)cc1C. The second-order valence-electron chi connectivity index (χ2n) is 3.95. The summed E-state index contributed by atoms with van der Waals surface area (Å²) in [6.45, 7) is 4.87. The van der Waals surface area contributed by atoms with Gasteiger partial charge in [-0.15, -0.1) is 10.2 Å². The Balaban J connectivity index is 2.13. The Hall–Kier alpha value is -1.83. The van der Waals surface area contributed by atoms with Crippen LogP contribution in [0.5, 0.6) is 0 Å². The molecule has 0 aromatic carbocycles. The minimum Gasteiger partial charge on any atom is -0.481 e. The number of rotatable bonds is 6. The number of hydrogen-bond acceptors (Lipinski definition) is 6. The molecule has 19 heavy (non-hydrogen) atoms. The van der Waals surface area contributed by atoms with E-state index in [1.165, 1.54) is 0 Å². The fourth-order valence-corrected chi connectivity index (χ4v) is 2.03. The highest BCUT2D eigenvalue weighted by molar-refractivity contribution is 7.99. The molecule has 2 aromatic heterocycles. The number of carboxylic acids is 1. The Kier molecular flexibility index (Phi) is 4.20. The van der Waals surface area contributed by atoms with Crippen LogP contribution in [-0.2, 0) is 11.3 Å². The number of hydrogen-bond donors (Lipinski definition) is 1. The van der Waals surface area contributed by atoms with Crippen molar-refractivity contribution in [1.29, 1.82) is 0 Å². The summed E-state index contributed by atoms with van der Waals surface area (Å²) in [7, 11) is 0. The molecule has 0 aliphatic rings. The third kappa shape index (κ3) is 3.34. The molecular formula is C11H14N4O3S. The molecule has 0 spiro atoms. The van der Waals surface area contributed by atoms with Crippen molar-refractivity contribution in [1.82, 2.24) is 20.0 Å². The van der Waals surface area contributed by atoms with Gasteiger partial charge >= 0.3 is 5.97 Å². The molecule has 0 amide bonds. The lowest BCUT2D eigenvalue weighted by Gasteiger charge is -1.99. The lowest BCUT2D eigenvalue weighted by molar-refractivity contribution is -0.133. The van der Waals surface area contributed by atoms with E-state index in [-0.39, 0.29) is 11.0 Å². The van der Waals surface area contributed by atoms with Gasteiger partial charge in [0.05, 0.1) is 0 Å². The van der Waals surface area contributed by atoms with Gasteiger partial charge in [-0.25, -0.2) is 0 Å². The van der Waals surface area contributed by atoms with Gasteiger partial charge in [0, 0.05) is 12.2 Å². The quantitative estimate of drug-likeness (QED) is 0.807. The molecule has 0 bridgehead atoms. The monoisotopic (exact) mass is 282 g/mol. The van der Waals surface area contributed by atoms with Crippen LogP contribution >= 0.6 is 11.8 Å². The number of nitrogens with zero attached hydrogens (tertiary/aromatic N) is 4. The Bertz CT molecular complexity index is 578. The number of aliphatic carboxylic acids is 1. The van der Waals surface area contributed by atoms with Gasteiger partial charge in [-0.1, -0.05) is 18.7 Å². The fourth-order valence-electron chi connectivity index (χ4n) is 1.55. The first-order valence-corrected chi connectivity index (χ1v) is 6.81. The highest BCUT2D eigenvalue weighted by Gasteiger charge is 2.14. The minimum atomic E-state index is -0.923. The molecule has 0 saturated heterocycles. The van der Waals surface area contributed by atoms with E-state index in [0.717, 1.165) is 30.4 Å². The fraction of sp³-hybridized carbons (Fsp3) is 0.455. The van der Waals surface area contributed by atoms with Crippen LogP contribution in [0.2, 0.25) is 0 Å². The molecule has 0 saturated carbocycles. The first kappa shape index (κ1) is 13.6. The summed E-state index contributed by atoms with van der Waals surface area (Å²) >= 11 is 0.991. The molecular weight excluding hydrogens is 268 g/mol. The number of aromatic nitrogens is 4. The van der Waals surface area contributed by atoms with Crippen molar-refractivity contribution in [3.8, 4) is 11.6 Å². The molecule has 0 unspecified atom stereocenters. The first-order chi connectivity index (χ1) is 9.10. The van der Waals surface area contributed by atoms with Crippen molar-refractivity contribution < 1.29 is 14.3 Å². The Labute approximate surface area is 114 Å². The van der Waals surface area contributed by atoms with E-state index in [1.807, 2.05) is 17.7 Å². The maximum Gasteiger partial charge on any atom is 0.314 e. The van der Waals surface area contributed by atoms with E-state index in [0.29, 0.717) is 11.6 Å². The molecule has 0 fully saturated rings. The van der Waals surface area contributed by atoms with Crippen molar-refractivity contribution >= 4 is 17.7 Å². The third-order valence-electron chi connectivity index (χ3n) is 2.36. The van der Waals surface area contributed by atoms with Crippen molar-refractivity contribution in [2.45, 2.75) is 32.0 Å². The molecule has 2 heterocycles. The number of carboxylic acid groups (broad SMARTS) is 1. The van der Waals surface area contributed by atoms with Crippen LogP contribution in [0.15, 0.2) is 15.7 Å². The van der Waals surface area contributed by atoms with Crippen LogP contribution in [0.3, 0.4) is 0 Å². The molecule has 2 aromatic rings. The number of aryl methyl sites for hydroxylation is 2. The highest BCUT2D eigenvalue weighted by Crippen LogP contribution is 2.22. The van der Waals surface area contributed by atoms with Gasteiger partial charge in [-0.05, 0) is 19.4 Å². The van der Waals surface area contributed by atoms with Crippen LogP contribution in [0, 0.1) is 6.92 Å². The summed E-state index contributed by atoms with van der Waals surface area (Å²) in [6.07, 6.45) is 0.992. The van der Waals surface area contributed by atoms with Crippen LogP contribution in [0.4, 0.5) is 0 Å². The average molecular weight is 282 g/mol. The zero-order valence-corrected chi connectivity index (χ0v) is 11.5. The predicted octanol–water partition coefficient (Wildman–Crippen LogP) is 1.83. The molecule has 1 N–H and O–H groups in total. The standard InChI is InChI=1S/C11H14N4O3S/c1-3-4-15-7(2)5-8(14-15)10-12-13-11(18-10)19-6-9(16)17/h5H,3-4,6H2,1-2H3,(H,16,17). The molecule has 8 heteroatoms. The normalized spacial score (nSPS) is 10.8. The zero-order valence-electron chi connectivity index (χ0n) is 10.7. The van der Waals surface area contributed by atoms with Gasteiger partial charge in [0.25, 0.3) is 11.1 Å². The van der Waals surface area contributed by atoms with E-state index < -0.39 is 5.97 Å². The third-order valence-corrected chi connectivity index (χ3v) is 3.16. The lowest BCUT2D eigenvalue weighted by Crippen LogP contribution is -2.00. The number of carbonyl (C=O) groups is 1. The second kappa shape index (κ2) is 5.87. The second-order valence-corrected chi connectivity index (χ2v) is 4.88. The van der Waals surface area contributed by atoms with Crippen LogP contribution in [0.25, 0.3) is 11.6 Å². The summed E-state index contributed by atoms with van der Waals surface area (Å²) in [4.78, 5) is 10.4. The highest BCUT2D eigenvalue weighted by atomic mass is 32.2. The summed E-state index contributed by atoms with van der Waals surface area (Å²) in [5.74, 6) is -0.719.